The van der Waals surface area contributed by atoms with Crippen LogP contribution < -0.4 is 5.11 Å². The maximum atomic E-state index is 10.1. The molecule has 0 bridgehead atoms. The second kappa shape index (κ2) is 4.12. The van der Waals surface area contributed by atoms with E-state index in [-0.39, 0.29) is 0 Å². The lowest BCUT2D eigenvalue weighted by Crippen LogP contribution is -2.26. The summed E-state index contributed by atoms with van der Waals surface area (Å²) < 4.78 is 0. The van der Waals surface area contributed by atoms with Gasteiger partial charge in [0.1, 0.15) is 0 Å². The number of carbonyl (C=O) groups is 3. The van der Waals surface area contributed by atoms with Crippen LogP contribution in [-0.2, 0) is 14.4 Å². The first-order valence-electron chi connectivity index (χ1n) is 2.80. The van der Waals surface area contributed by atoms with Crippen LogP contribution in [0.5, 0.6) is 0 Å². The third-order valence-corrected chi connectivity index (χ3v) is 0.902. The fraction of sp³-hybridized carbons (Fsp3) is 0.167. The Morgan fingerprint density at radius 1 is 1.25 bits per heavy atom. The first-order chi connectivity index (χ1) is 5.43. The van der Waals surface area contributed by atoms with Crippen LogP contribution in [0.4, 0.5) is 0 Å². The Morgan fingerprint density at radius 2 is 1.75 bits per heavy atom. The van der Waals surface area contributed by atoms with Gasteiger partial charge in [-0.15, -0.1) is 0 Å². The van der Waals surface area contributed by atoms with Gasteiger partial charge in [-0.25, -0.2) is 4.79 Å². The molecule has 0 saturated carbocycles. The van der Waals surface area contributed by atoms with E-state index in [4.69, 9.17) is 10.2 Å². The van der Waals surface area contributed by atoms with Crippen LogP contribution in [0.2, 0.25) is 0 Å². The zero-order chi connectivity index (χ0) is 9.72. The number of hydrogen-bond acceptors (Lipinski definition) is 4. The van der Waals surface area contributed by atoms with E-state index in [1.54, 1.807) is 0 Å². The molecule has 0 heterocycles. The molecule has 0 fully saturated rings. The molecular formula is C6H5O6-. The van der Waals surface area contributed by atoms with Gasteiger partial charge in [0, 0.05) is 6.08 Å². The van der Waals surface area contributed by atoms with Gasteiger partial charge in [0.05, 0.1) is 12.4 Å². The fourth-order valence-electron chi connectivity index (χ4n) is 0.494. The molecule has 0 atom stereocenters. The summed E-state index contributed by atoms with van der Waals surface area (Å²) >= 11 is 0. The molecular weight excluding hydrogens is 168 g/mol. The molecule has 2 N–H and O–H groups in total. The lowest BCUT2D eigenvalue weighted by molar-refractivity contribution is -0.299. The lowest BCUT2D eigenvalue weighted by atomic mass is 10.2. The third-order valence-electron chi connectivity index (χ3n) is 0.902. The minimum Gasteiger partial charge on any atom is -0.545 e. The van der Waals surface area contributed by atoms with Gasteiger partial charge in [-0.2, -0.15) is 0 Å². The van der Waals surface area contributed by atoms with Crippen LogP contribution >= 0.6 is 0 Å². The van der Waals surface area contributed by atoms with Gasteiger partial charge in [0.15, 0.2) is 0 Å². The highest BCUT2D eigenvalue weighted by Crippen LogP contribution is 1.99. The Bertz CT molecular complexity index is 251. The average Bonchev–Trinajstić information content (AvgIpc) is 1.83. The predicted octanol–water partition coefficient (Wildman–Crippen LogP) is -1.78. The van der Waals surface area contributed by atoms with Crippen molar-refractivity contribution in [2.45, 2.75) is 6.42 Å². The molecule has 0 amide bonds. The van der Waals surface area contributed by atoms with E-state index in [9.17, 15) is 19.5 Å². The molecule has 0 rings (SSSR count). The summed E-state index contributed by atoms with van der Waals surface area (Å²) in [6.45, 7) is 0. The molecule has 0 aromatic carbocycles. The van der Waals surface area contributed by atoms with E-state index in [1.807, 2.05) is 0 Å². The molecule has 0 aliphatic heterocycles. The van der Waals surface area contributed by atoms with Crippen molar-refractivity contribution in [3.63, 3.8) is 0 Å². The molecule has 0 aliphatic carbocycles. The van der Waals surface area contributed by atoms with E-state index in [2.05, 4.69) is 0 Å². The topological polar surface area (TPSA) is 115 Å². The normalized spacial score (nSPS) is 10.8. The van der Waals surface area contributed by atoms with E-state index in [0.29, 0.717) is 6.08 Å². The smallest absolute Gasteiger partial charge is 0.328 e. The molecule has 0 unspecified atom stereocenters. The van der Waals surface area contributed by atoms with Crippen molar-refractivity contribution >= 4 is 17.9 Å². The maximum absolute atomic E-state index is 10.1. The minimum atomic E-state index is -1.79. The molecule has 66 valence electrons. The predicted molar refractivity (Wildman–Crippen MR) is 33.0 cm³/mol. The molecule has 6 heteroatoms. The van der Waals surface area contributed by atoms with Gasteiger partial charge >= 0.3 is 11.9 Å². The number of carboxylic acid groups (broad SMARTS) is 3. The third kappa shape index (κ3) is 4.04. The largest absolute Gasteiger partial charge is 0.545 e. The van der Waals surface area contributed by atoms with E-state index < -0.39 is 29.9 Å². The first-order valence-corrected chi connectivity index (χ1v) is 2.80. The van der Waals surface area contributed by atoms with Crippen molar-refractivity contribution in [3.8, 4) is 0 Å². The van der Waals surface area contributed by atoms with Gasteiger partial charge in [0.2, 0.25) is 0 Å². The summed E-state index contributed by atoms with van der Waals surface area (Å²) in [6, 6.07) is 0. The molecule has 0 aromatic heterocycles. The number of hydrogen-bond donors (Lipinski definition) is 2. The number of carbonyl (C=O) groups excluding carboxylic acids is 1. The second-order valence-electron chi connectivity index (χ2n) is 1.87. The zero-order valence-corrected chi connectivity index (χ0v) is 5.81. The molecule has 12 heavy (non-hydrogen) atoms. The standard InChI is InChI=1S/C6H6O6/c7-4(8)1-3(6(11)12)2-5(9)10/h1H,2H2,(H,7,8)(H,9,10)(H,11,12)/p-1/b3-1-. The average molecular weight is 173 g/mol. The highest BCUT2D eigenvalue weighted by Gasteiger charge is 2.06. The van der Waals surface area contributed by atoms with Crippen molar-refractivity contribution in [3.05, 3.63) is 11.6 Å². The van der Waals surface area contributed by atoms with E-state index in [0.717, 1.165) is 0 Å². The second-order valence-corrected chi connectivity index (χ2v) is 1.87. The summed E-state index contributed by atoms with van der Waals surface area (Å²) in [4.78, 5) is 30.0. The Balaban J connectivity index is 4.55. The van der Waals surface area contributed by atoms with Crippen molar-refractivity contribution in [2.24, 2.45) is 0 Å². The fourth-order valence-corrected chi connectivity index (χ4v) is 0.494. The summed E-state index contributed by atoms with van der Waals surface area (Å²) in [5.74, 6) is -4.73. The van der Waals surface area contributed by atoms with Gasteiger partial charge in [0.25, 0.3) is 0 Å². The highest BCUT2D eigenvalue weighted by molar-refractivity contribution is 5.97. The Kier molecular flexibility index (Phi) is 3.48. The minimum absolute atomic E-state index is 0.295. The molecule has 0 spiro atoms. The van der Waals surface area contributed by atoms with Crippen LogP contribution in [0.15, 0.2) is 11.6 Å². The summed E-state index contributed by atoms with van der Waals surface area (Å²) in [7, 11) is 0. The molecule has 0 radical (unpaired) electrons. The van der Waals surface area contributed by atoms with Gasteiger partial charge < -0.3 is 20.1 Å². The van der Waals surface area contributed by atoms with Crippen molar-refractivity contribution in [1.82, 2.24) is 0 Å². The van der Waals surface area contributed by atoms with Crippen molar-refractivity contribution in [1.29, 1.82) is 0 Å². The Morgan fingerprint density at radius 3 is 2.00 bits per heavy atom. The monoisotopic (exact) mass is 173 g/mol. The number of rotatable bonds is 4. The van der Waals surface area contributed by atoms with Gasteiger partial charge in [-0.1, -0.05) is 0 Å². The van der Waals surface area contributed by atoms with E-state index in [1.165, 1.54) is 0 Å². The summed E-state index contributed by atoms with van der Waals surface area (Å²) in [5.41, 5.74) is -0.769. The van der Waals surface area contributed by atoms with Crippen LogP contribution in [0, 0.1) is 0 Å². The van der Waals surface area contributed by atoms with Crippen LogP contribution in [-0.4, -0.2) is 28.1 Å². The SMILES string of the molecule is O=C(O)/C=C(/CC(=O)O)C(=O)[O-]. The molecule has 0 saturated heterocycles. The van der Waals surface area contributed by atoms with Gasteiger partial charge in [-0.05, 0) is 5.57 Å². The Hall–Kier alpha value is -1.85. The molecule has 0 aromatic rings. The first kappa shape index (κ1) is 10.2. The highest BCUT2D eigenvalue weighted by atomic mass is 16.4. The summed E-state index contributed by atoms with van der Waals surface area (Å²) in [5, 5.41) is 26.3. The van der Waals surface area contributed by atoms with E-state index >= 15 is 0 Å². The van der Waals surface area contributed by atoms with Crippen LogP contribution in [0.25, 0.3) is 0 Å². The van der Waals surface area contributed by atoms with Crippen LogP contribution in [0.3, 0.4) is 0 Å². The van der Waals surface area contributed by atoms with Crippen molar-refractivity contribution in [2.75, 3.05) is 0 Å². The summed E-state index contributed by atoms with van der Waals surface area (Å²) in [6.07, 6.45) is -0.571. The number of carboxylic acids is 3. The van der Waals surface area contributed by atoms with Gasteiger partial charge in [-0.3, -0.25) is 4.79 Å². The van der Waals surface area contributed by atoms with Crippen LogP contribution in [0.1, 0.15) is 6.42 Å². The van der Waals surface area contributed by atoms with Crippen molar-refractivity contribution < 1.29 is 29.7 Å². The lowest BCUT2D eigenvalue weighted by Gasteiger charge is -2.02. The maximum Gasteiger partial charge on any atom is 0.328 e. The quantitative estimate of drug-likeness (QED) is 0.485. The number of aliphatic carboxylic acids is 3. The Labute approximate surface area is 66.7 Å². The molecule has 6 nitrogen and oxygen atoms in total. The zero-order valence-electron chi connectivity index (χ0n) is 5.81. The molecule has 0 aliphatic rings.